The largest absolute Gasteiger partial charge is 0.349 e. The summed E-state index contributed by atoms with van der Waals surface area (Å²) in [5, 5.41) is 2.90. The predicted octanol–water partition coefficient (Wildman–Crippen LogP) is 0.401. The molecule has 88 valence electrons. The second-order valence-corrected chi connectivity index (χ2v) is 4.29. The Morgan fingerprint density at radius 2 is 2.50 bits per heavy atom. The van der Waals surface area contributed by atoms with Crippen molar-refractivity contribution in [3.63, 3.8) is 0 Å². The minimum atomic E-state index is 0.0972. The summed E-state index contributed by atoms with van der Waals surface area (Å²) in [5.41, 5.74) is 5.65. The lowest BCUT2D eigenvalue weighted by Gasteiger charge is -2.16. The van der Waals surface area contributed by atoms with E-state index in [-0.39, 0.29) is 11.8 Å². The first kappa shape index (κ1) is 11.1. The van der Waals surface area contributed by atoms with Gasteiger partial charge in [0.1, 0.15) is 5.82 Å². The van der Waals surface area contributed by atoms with Crippen molar-refractivity contribution in [3.8, 4) is 0 Å². The second kappa shape index (κ2) is 5.12. The first-order chi connectivity index (χ1) is 7.81. The van der Waals surface area contributed by atoms with E-state index in [1.54, 1.807) is 12.4 Å². The summed E-state index contributed by atoms with van der Waals surface area (Å²) >= 11 is 0. The van der Waals surface area contributed by atoms with E-state index >= 15 is 0 Å². The highest BCUT2D eigenvalue weighted by atomic mass is 16.1. The molecule has 0 radical (unpaired) electrons. The summed E-state index contributed by atoms with van der Waals surface area (Å²) in [5.74, 6) is 1.36. The van der Waals surface area contributed by atoms with E-state index in [2.05, 4.69) is 15.3 Å². The van der Waals surface area contributed by atoms with Crippen LogP contribution in [0.1, 0.15) is 25.1 Å². The van der Waals surface area contributed by atoms with Crippen LogP contribution in [0.4, 0.5) is 0 Å². The van der Waals surface area contributed by atoms with Crippen molar-refractivity contribution >= 4 is 5.91 Å². The molecule has 1 fully saturated rings. The van der Waals surface area contributed by atoms with Crippen molar-refractivity contribution in [1.82, 2.24) is 15.3 Å². The first-order valence-electron chi connectivity index (χ1n) is 5.77. The molecule has 1 aromatic heterocycles. The molecular formula is C11H18N4O. The number of hydrogen-bond donors (Lipinski definition) is 3. The number of aromatic nitrogens is 2. The van der Waals surface area contributed by atoms with Crippen molar-refractivity contribution in [3.05, 3.63) is 18.2 Å². The molecule has 1 heterocycles. The molecular weight excluding hydrogens is 204 g/mol. The maximum atomic E-state index is 11.9. The Balaban J connectivity index is 1.83. The summed E-state index contributed by atoms with van der Waals surface area (Å²) < 4.78 is 0. The molecule has 0 aliphatic heterocycles. The number of imidazole rings is 1. The van der Waals surface area contributed by atoms with Crippen LogP contribution in [-0.4, -0.2) is 22.4 Å². The SMILES string of the molecule is NCC1CCCC1C(=O)NCc1ncc[nH]1. The predicted molar refractivity (Wildman–Crippen MR) is 60.3 cm³/mol. The smallest absolute Gasteiger partial charge is 0.223 e. The number of nitrogens with zero attached hydrogens (tertiary/aromatic N) is 1. The quantitative estimate of drug-likeness (QED) is 0.689. The zero-order chi connectivity index (χ0) is 11.4. The number of nitrogens with one attached hydrogen (secondary N) is 2. The fraction of sp³-hybridized carbons (Fsp3) is 0.636. The monoisotopic (exact) mass is 222 g/mol. The summed E-state index contributed by atoms with van der Waals surface area (Å²) in [6, 6.07) is 0. The highest BCUT2D eigenvalue weighted by Gasteiger charge is 2.31. The molecule has 0 bridgehead atoms. The molecule has 4 N–H and O–H groups in total. The molecule has 0 spiro atoms. The van der Waals surface area contributed by atoms with Crippen LogP contribution in [0, 0.1) is 11.8 Å². The number of hydrogen-bond acceptors (Lipinski definition) is 3. The van der Waals surface area contributed by atoms with E-state index in [1.165, 1.54) is 0 Å². The van der Waals surface area contributed by atoms with Gasteiger partial charge in [0.2, 0.25) is 5.91 Å². The highest BCUT2D eigenvalue weighted by molar-refractivity contribution is 5.79. The Morgan fingerprint density at radius 1 is 1.62 bits per heavy atom. The van der Waals surface area contributed by atoms with E-state index in [0.29, 0.717) is 19.0 Å². The maximum absolute atomic E-state index is 11.9. The molecule has 5 heteroatoms. The van der Waals surface area contributed by atoms with Gasteiger partial charge in [-0.2, -0.15) is 0 Å². The molecule has 16 heavy (non-hydrogen) atoms. The molecule has 2 atom stereocenters. The van der Waals surface area contributed by atoms with Gasteiger partial charge < -0.3 is 16.0 Å². The van der Waals surface area contributed by atoms with Crippen LogP contribution in [0.2, 0.25) is 0 Å². The van der Waals surface area contributed by atoms with E-state index < -0.39 is 0 Å². The van der Waals surface area contributed by atoms with Crippen molar-refractivity contribution in [1.29, 1.82) is 0 Å². The molecule has 2 unspecified atom stereocenters. The average molecular weight is 222 g/mol. The molecule has 1 aliphatic carbocycles. The number of amides is 1. The van der Waals surface area contributed by atoms with Gasteiger partial charge in [-0.25, -0.2) is 4.98 Å². The number of H-pyrrole nitrogens is 1. The number of rotatable bonds is 4. The van der Waals surface area contributed by atoms with Crippen molar-refractivity contribution < 1.29 is 4.79 Å². The Morgan fingerprint density at radius 3 is 3.19 bits per heavy atom. The number of aromatic amines is 1. The number of nitrogens with two attached hydrogens (primary N) is 1. The standard InChI is InChI=1S/C11H18N4O/c12-6-8-2-1-3-9(8)11(16)15-7-10-13-4-5-14-10/h4-5,8-9H,1-3,6-7,12H2,(H,13,14)(H,15,16). The van der Waals surface area contributed by atoms with E-state index in [0.717, 1.165) is 25.1 Å². The fourth-order valence-corrected chi connectivity index (χ4v) is 2.36. The third-order valence-electron chi connectivity index (χ3n) is 3.28. The maximum Gasteiger partial charge on any atom is 0.223 e. The summed E-state index contributed by atoms with van der Waals surface area (Å²) in [4.78, 5) is 18.9. The topological polar surface area (TPSA) is 83.8 Å². The van der Waals surface area contributed by atoms with Crippen LogP contribution in [0.25, 0.3) is 0 Å². The van der Waals surface area contributed by atoms with Gasteiger partial charge in [-0.05, 0) is 25.3 Å². The minimum Gasteiger partial charge on any atom is -0.349 e. The molecule has 1 amide bonds. The highest BCUT2D eigenvalue weighted by Crippen LogP contribution is 2.30. The Kier molecular flexibility index (Phi) is 3.56. The van der Waals surface area contributed by atoms with Crippen molar-refractivity contribution in [2.45, 2.75) is 25.8 Å². The number of carbonyl (C=O) groups is 1. The third kappa shape index (κ3) is 2.41. The summed E-state index contributed by atoms with van der Waals surface area (Å²) in [6.07, 6.45) is 6.58. The van der Waals surface area contributed by atoms with Crippen LogP contribution in [-0.2, 0) is 11.3 Å². The van der Waals surface area contributed by atoms with Crippen LogP contribution < -0.4 is 11.1 Å². The lowest BCUT2D eigenvalue weighted by molar-refractivity contribution is -0.126. The Labute approximate surface area is 94.8 Å². The van der Waals surface area contributed by atoms with Crippen LogP contribution in [0.5, 0.6) is 0 Å². The molecule has 1 saturated carbocycles. The third-order valence-corrected chi connectivity index (χ3v) is 3.28. The Bertz CT molecular complexity index is 336. The minimum absolute atomic E-state index is 0.0972. The molecule has 0 aromatic carbocycles. The summed E-state index contributed by atoms with van der Waals surface area (Å²) in [6.45, 7) is 1.08. The van der Waals surface area contributed by atoms with Gasteiger partial charge in [-0.1, -0.05) is 6.42 Å². The van der Waals surface area contributed by atoms with Gasteiger partial charge >= 0.3 is 0 Å². The first-order valence-corrected chi connectivity index (χ1v) is 5.77. The van der Waals surface area contributed by atoms with Crippen molar-refractivity contribution in [2.24, 2.45) is 17.6 Å². The van der Waals surface area contributed by atoms with E-state index in [1.807, 2.05) is 0 Å². The summed E-state index contributed by atoms with van der Waals surface area (Å²) in [7, 11) is 0. The average Bonchev–Trinajstić information content (AvgIpc) is 2.96. The van der Waals surface area contributed by atoms with Gasteiger partial charge in [0.25, 0.3) is 0 Å². The lowest BCUT2D eigenvalue weighted by Crippen LogP contribution is -2.34. The number of carbonyl (C=O) groups excluding carboxylic acids is 1. The molecule has 1 aliphatic rings. The fourth-order valence-electron chi connectivity index (χ4n) is 2.36. The van der Waals surface area contributed by atoms with Gasteiger partial charge in [0, 0.05) is 18.3 Å². The second-order valence-electron chi connectivity index (χ2n) is 4.29. The van der Waals surface area contributed by atoms with Gasteiger partial charge in [0.15, 0.2) is 0 Å². The Hall–Kier alpha value is -1.36. The van der Waals surface area contributed by atoms with E-state index in [4.69, 9.17) is 5.73 Å². The zero-order valence-corrected chi connectivity index (χ0v) is 9.28. The van der Waals surface area contributed by atoms with Crippen LogP contribution in [0.15, 0.2) is 12.4 Å². The molecule has 5 nitrogen and oxygen atoms in total. The lowest BCUT2D eigenvalue weighted by atomic mass is 9.95. The molecule has 2 rings (SSSR count). The van der Waals surface area contributed by atoms with Gasteiger partial charge in [0.05, 0.1) is 6.54 Å². The zero-order valence-electron chi connectivity index (χ0n) is 9.28. The van der Waals surface area contributed by atoms with Crippen LogP contribution >= 0.6 is 0 Å². The molecule has 0 saturated heterocycles. The van der Waals surface area contributed by atoms with Crippen LogP contribution in [0.3, 0.4) is 0 Å². The van der Waals surface area contributed by atoms with Gasteiger partial charge in [-0.3, -0.25) is 4.79 Å². The molecule has 1 aromatic rings. The van der Waals surface area contributed by atoms with Crippen molar-refractivity contribution in [2.75, 3.05) is 6.54 Å². The normalized spacial score (nSPS) is 24.6. The van der Waals surface area contributed by atoms with Gasteiger partial charge in [-0.15, -0.1) is 0 Å². The van der Waals surface area contributed by atoms with E-state index in [9.17, 15) is 4.79 Å².